The van der Waals surface area contributed by atoms with E-state index in [1.54, 1.807) is 6.07 Å². The van der Waals surface area contributed by atoms with Gasteiger partial charge in [0.15, 0.2) is 11.5 Å². The number of rotatable bonds is 5. The summed E-state index contributed by atoms with van der Waals surface area (Å²) in [5.74, 6) is 1.49. The van der Waals surface area contributed by atoms with Crippen LogP contribution in [0.2, 0.25) is 0 Å². The Kier molecular flexibility index (Phi) is 4.45. The predicted octanol–water partition coefficient (Wildman–Crippen LogP) is 4.84. The zero-order chi connectivity index (χ0) is 13.7. The number of hydrogen-bond donors (Lipinski definition) is 1. The first-order valence-corrected chi connectivity index (χ1v) is 6.76. The highest BCUT2D eigenvalue weighted by Gasteiger charge is 2.06. The Bertz CT molecular complexity index is 547. The van der Waals surface area contributed by atoms with Crippen LogP contribution in [-0.2, 0) is 6.42 Å². The molecule has 0 aliphatic carbocycles. The van der Waals surface area contributed by atoms with Crippen molar-refractivity contribution in [2.45, 2.75) is 33.1 Å². The van der Waals surface area contributed by atoms with Crippen LogP contribution in [0.1, 0.15) is 30.9 Å². The fourth-order valence-corrected chi connectivity index (χ4v) is 1.98. The molecular weight excluding hydrogens is 236 g/mol. The van der Waals surface area contributed by atoms with E-state index in [1.807, 2.05) is 43.3 Å². The first-order valence-electron chi connectivity index (χ1n) is 6.76. The smallest absolute Gasteiger partial charge is 0.169 e. The van der Waals surface area contributed by atoms with Gasteiger partial charge in [-0.05, 0) is 49.1 Å². The molecule has 0 saturated heterocycles. The van der Waals surface area contributed by atoms with Gasteiger partial charge in [0.1, 0.15) is 5.75 Å². The second kappa shape index (κ2) is 6.28. The highest BCUT2D eigenvalue weighted by Crippen LogP contribution is 2.33. The van der Waals surface area contributed by atoms with Gasteiger partial charge in [0, 0.05) is 0 Å². The number of unbranched alkanes of at least 4 members (excludes halogenated alkanes) is 1. The Morgan fingerprint density at radius 2 is 1.84 bits per heavy atom. The van der Waals surface area contributed by atoms with Crippen LogP contribution in [0.5, 0.6) is 17.2 Å². The maximum Gasteiger partial charge on any atom is 0.169 e. The number of phenolic OH excluding ortho intramolecular Hbond substituents is 1. The summed E-state index contributed by atoms with van der Waals surface area (Å²) in [6.07, 6.45) is 3.29. The van der Waals surface area contributed by atoms with Crippen molar-refractivity contribution < 1.29 is 9.84 Å². The Morgan fingerprint density at radius 3 is 2.53 bits per heavy atom. The van der Waals surface area contributed by atoms with Crippen LogP contribution in [0.3, 0.4) is 0 Å². The molecule has 0 fully saturated rings. The van der Waals surface area contributed by atoms with Gasteiger partial charge in [-0.2, -0.15) is 0 Å². The fraction of sp³-hybridized carbons (Fsp3) is 0.294. The third-order valence-electron chi connectivity index (χ3n) is 3.16. The largest absolute Gasteiger partial charge is 0.504 e. The van der Waals surface area contributed by atoms with Crippen LogP contribution in [0.25, 0.3) is 0 Å². The van der Waals surface area contributed by atoms with Gasteiger partial charge in [-0.25, -0.2) is 0 Å². The molecule has 2 heteroatoms. The third-order valence-corrected chi connectivity index (χ3v) is 3.16. The lowest BCUT2D eigenvalue weighted by molar-refractivity contribution is 0.409. The van der Waals surface area contributed by atoms with Gasteiger partial charge in [0.2, 0.25) is 0 Å². The predicted molar refractivity (Wildman–Crippen MR) is 78.0 cm³/mol. The van der Waals surface area contributed by atoms with E-state index in [-0.39, 0.29) is 5.75 Å². The molecule has 0 spiro atoms. The second-order valence-electron chi connectivity index (χ2n) is 4.77. The average molecular weight is 256 g/mol. The summed E-state index contributed by atoms with van der Waals surface area (Å²) in [5.41, 5.74) is 2.20. The van der Waals surface area contributed by atoms with Gasteiger partial charge in [0.05, 0.1) is 0 Å². The van der Waals surface area contributed by atoms with Crippen LogP contribution in [0.4, 0.5) is 0 Å². The van der Waals surface area contributed by atoms with Gasteiger partial charge in [-0.3, -0.25) is 0 Å². The number of phenols is 1. The first kappa shape index (κ1) is 13.5. The van der Waals surface area contributed by atoms with E-state index >= 15 is 0 Å². The average Bonchev–Trinajstić information content (AvgIpc) is 2.41. The molecular formula is C17H20O2. The molecule has 0 heterocycles. The molecule has 0 amide bonds. The van der Waals surface area contributed by atoms with Crippen LogP contribution in [0.15, 0.2) is 42.5 Å². The number of benzene rings is 2. The Hall–Kier alpha value is -1.96. The molecule has 2 rings (SSSR count). The van der Waals surface area contributed by atoms with E-state index in [0.717, 1.165) is 36.1 Å². The number of hydrogen-bond acceptors (Lipinski definition) is 2. The fourth-order valence-electron chi connectivity index (χ4n) is 1.98. The van der Waals surface area contributed by atoms with E-state index in [0.29, 0.717) is 5.75 Å². The van der Waals surface area contributed by atoms with Crippen molar-refractivity contribution in [2.24, 2.45) is 0 Å². The van der Waals surface area contributed by atoms with E-state index < -0.39 is 0 Å². The molecule has 0 unspecified atom stereocenters. The summed E-state index contributed by atoms with van der Waals surface area (Å²) in [4.78, 5) is 0. The van der Waals surface area contributed by atoms with Gasteiger partial charge in [-0.15, -0.1) is 0 Å². The SMILES string of the molecule is CCCCc1ccc(Oc2ccccc2C)c(O)c1. The minimum Gasteiger partial charge on any atom is -0.504 e. The summed E-state index contributed by atoms with van der Waals surface area (Å²) in [7, 11) is 0. The van der Waals surface area contributed by atoms with Crippen molar-refractivity contribution in [3.05, 3.63) is 53.6 Å². The quantitative estimate of drug-likeness (QED) is 0.829. The summed E-state index contributed by atoms with van der Waals surface area (Å²) in [6, 6.07) is 13.4. The first-order chi connectivity index (χ1) is 9.20. The van der Waals surface area contributed by atoms with Crippen LogP contribution in [-0.4, -0.2) is 5.11 Å². The van der Waals surface area contributed by atoms with Crippen molar-refractivity contribution in [1.82, 2.24) is 0 Å². The maximum atomic E-state index is 10.0. The van der Waals surface area contributed by atoms with Crippen molar-refractivity contribution in [1.29, 1.82) is 0 Å². The normalized spacial score (nSPS) is 10.4. The standard InChI is InChI=1S/C17H20O2/c1-3-4-8-14-10-11-17(15(18)12-14)19-16-9-6-5-7-13(16)2/h5-7,9-12,18H,3-4,8H2,1-2H3. The lowest BCUT2D eigenvalue weighted by Gasteiger charge is -2.11. The molecule has 2 aromatic rings. The number of ether oxygens (including phenoxy) is 1. The lowest BCUT2D eigenvalue weighted by Crippen LogP contribution is -1.90. The molecule has 19 heavy (non-hydrogen) atoms. The molecule has 0 saturated carbocycles. The minimum atomic E-state index is 0.205. The Labute approximate surface area is 114 Å². The van der Waals surface area contributed by atoms with E-state index in [9.17, 15) is 5.11 Å². The lowest BCUT2D eigenvalue weighted by atomic mass is 10.1. The topological polar surface area (TPSA) is 29.5 Å². The van der Waals surface area contributed by atoms with Crippen molar-refractivity contribution in [2.75, 3.05) is 0 Å². The maximum absolute atomic E-state index is 10.0. The molecule has 1 N–H and O–H groups in total. The molecule has 2 nitrogen and oxygen atoms in total. The molecule has 0 aliphatic heterocycles. The molecule has 0 atom stereocenters. The number of aryl methyl sites for hydroxylation is 2. The highest BCUT2D eigenvalue weighted by molar-refractivity contribution is 5.45. The molecule has 0 bridgehead atoms. The van der Waals surface area contributed by atoms with Gasteiger partial charge in [-0.1, -0.05) is 37.6 Å². The van der Waals surface area contributed by atoms with Gasteiger partial charge >= 0.3 is 0 Å². The van der Waals surface area contributed by atoms with Crippen molar-refractivity contribution in [3.63, 3.8) is 0 Å². The van der Waals surface area contributed by atoms with Crippen molar-refractivity contribution in [3.8, 4) is 17.2 Å². The van der Waals surface area contributed by atoms with Crippen LogP contribution in [0, 0.1) is 6.92 Å². The Balaban J connectivity index is 2.15. The molecule has 2 aromatic carbocycles. The van der Waals surface area contributed by atoms with Gasteiger partial charge in [0.25, 0.3) is 0 Å². The second-order valence-corrected chi connectivity index (χ2v) is 4.77. The zero-order valence-corrected chi connectivity index (χ0v) is 11.5. The van der Waals surface area contributed by atoms with E-state index in [1.165, 1.54) is 0 Å². The van der Waals surface area contributed by atoms with Crippen LogP contribution < -0.4 is 4.74 Å². The minimum absolute atomic E-state index is 0.205. The molecule has 0 aromatic heterocycles. The molecule has 0 radical (unpaired) electrons. The number of para-hydroxylation sites is 1. The summed E-state index contributed by atoms with van der Waals surface area (Å²) < 4.78 is 5.75. The highest BCUT2D eigenvalue weighted by atomic mass is 16.5. The van der Waals surface area contributed by atoms with Crippen molar-refractivity contribution >= 4 is 0 Å². The van der Waals surface area contributed by atoms with E-state index in [4.69, 9.17) is 4.74 Å². The molecule has 0 aliphatic rings. The monoisotopic (exact) mass is 256 g/mol. The van der Waals surface area contributed by atoms with Crippen LogP contribution >= 0.6 is 0 Å². The Morgan fingerprint density at radius 1 is 1.05 bits per heavy atom. The third kappa shape index (κ3) is 3.50. The zero-order valence-electron chi connectivity index (χ0n) is 11.5. The van der Waals surface area contributed by atoms with Gasteiger partial charge < -0.3 is 9.84 Å². The summed E-state index contributed by atoms with van der Waals surface area (Å²) in [5, 5.41) is 10.0. The van der Waals surface area contributed by atoms with E-state index in [2.05, 4.69) is 6.92 Å². The summed E-state index contributed by atoms with van der Waals surface area (Å²) >= 11 is 0. The summed E-state index contributed by atoms with van der Waals surface area (Å²) in [6.45, 7) is 4.15. The number of aromatic hydroxyl groups is 1. The molecule has 100 valence electrons.